The van der Waals surface area contributed by atoms with E-state index < -0.39 is 0 Å². The molecule has 3 heteroatoms. The quantitative estimate of drug-likeness (QED) is 0.753. The molecule has 1 heterocycles. The van der Waals surface area contributed by atoms with Crippen molar-refractivity contribution in [3.63, 3.8) is 0 Å². The van der Waals surface area contributed by atoms with Crippen molar-refractivity contribution in [2.24, 2.45) is 5.92 Å². The first-order valence-corrected chi connectivity index (χ1v) is 6.21. The van der Waals surface area contributed by atoms with Crippen molar-refractivity contribution in [1.29, 1.82) is 0 Å². The van der Waals surface area contributed by atoms with Gasteiger partial charge in [-0.2, -0.15) is 0 Å². The molecule has 86 valence electrons. The number of likely N-dealkylation sites (tertiary alicyclic amines) is 1. The molecule has 0 bridgehead atoms. The zero-order valence-corrected chi connectivity index (χ0v) is 9.32. The molecule has 3 nitrogen and oxygen atoms in total. The van der Waals surface area contributed by atoms with E-state index in [9.17, 15) is 9.90 Å². The molecule has 1 N–H and O–H groups in total. The Morgan fingerprint density at radius 2 is 1.93 bits per heavy atom. The third-order valence-electron chi connectivity index (χ3n) is 3.70. The minimum absolute atomic E-state index is 0.262. The molecule has 2 aliphatic rings. The van der Waals surface area contributed by atoms with Crippen LogP contribution in [0.4, 0.5) is 0 Å². The van der Waals surface area contributed by atoms with Crippen LogP contribution in [-0.4, -0.2) is 35.1 Å². The number of aliphatic hydroxyl groups is 1. The van der Waals surface area contributed by atoms with Gasteiger partial charge >= 0.3 is 0 Å². The molecule has 1 atom stereocenters. The molecule has 2 fully saturated rings. The molecule has 1 saturated carbocycles. The second-order valence-corrected chi connectivity index (χ2v) is 4.99. The van der Waals surface area contributed by atoms with Gasteiger partial charge in [-0.3, -0.25) is 4.79 Å². The van der Waals surface area contributed by atoms with Crippen LogP contribution in [0.3, 0.4) is 0 Å². The number of carbonyl (C=O) groups excluding carboxylic acids is 1. The summed E-state index contributed by atoms with van der Waals surface area (Å²) >= 11 is 0. The number of nitrogens with zero attached hydrogens (tertiary/aromatic N) is 1. The smallest absolute Gasteiger partial charge is 0.222 e. The maximum Gasteiger partial charge on any atom is 0.222 e. The number of β-amino-alcohol motifs (C(OH)–C–C–N with tert-alkyl or cyclic N) is 1. The van der Waals surface area contributed by atoms with Crippen molar-refractivity contribution in [2.45, 2.75) is 51.0 Å². The minimum atomic E-state index is -0.277. The van der Waals surface area contributed by atoms with Gasteiger partial charge in [0.25, 0.3) is 0 Å². The number of amides is 1. The standard InChI is InChI=1S/C12H21NO2/c14-11-6-7-13(9-11)12(15)8-10-4-2-1-3-5-10/h10-11,14H,1-9H2/t11-/m1/s1. The predicted molar refractivity (Wildman–Crippen MR) is 58.4 cm³/mol. The molecule has 1 saturated heterocycles. The van der Waals surface area contributed by atoms with Crippen molar-refractivity contribution >= 4 is 5.91 Å². The Morgan fingerprint density at radius 1 is 1.20 bits per heavy atom. The number of hydrogen-bond acceptors (Lipinski definition) is 2. The fourth-order valence-electron chi connectivity index (χ4n) is 2.74. The van der Waals surface area contributed by atoms with Crippen molar-refractivity contribution in [2.75, 3.05) is 13.1 Å². The monoisotopic (exact) mass is 211 g/mol. The SMILES string of the molecule is O=C(CC1CCCCC1)N1CC[C@@H](O)C1. The van der Waals surface area contributed by atoms with E-state index in [1.165, 1.54) is 32.1 Å². The summed E-state index contributed by atoms with van der Waals surface area (Å²) in [5.74, 6) is 0.877. The highest BCUT2D eigenvalue weighted by Gasteiger charge is 2.26. The highest BCUT2D eigenvalue weighted by Crippen LogP contribution is 2.27. The minimum Gasteiger partial charge on any atom is -0.391 e. The van der Waals surface area contributed by atoms with E-state index in [1.807, 2.05) is 4.90 Å². The Morgan fingerprint density at radius 3 is 2.53 bits per heavy atom. The van der Waals surface area contributed by atoms with Gasteiger partial charge < -0.3 is 10.0 Å². The van der Waals surface area contributed by atoms with Gasteiger partial charge in [0.15, 0.2) is 0 Å². The lowest BCUT2D eigenvalue weighted by Gasteiger charge is -2.23. The largest absolute Gasteiger partial charge is 0.391 e. The topological polar surface area (TPSA) is 40.5 Å². The molecule has 0 aromatic carbocycles. The molecule has 0 unspecified atom stereocenters. The van der Waals surface area contributed by atoms with Gasteiger partial charge in [-0.15, -0.1) is 0 Å². The first-order valence-electron chi connectivity index (χ1n) is 6.21. The fourth-order valence-corrected chi connectivity index (χ4v) is 2.74. The van der Waals surface area contributed by atoms with Gasteiger partial charge in [0.1, 0.15) is 0 Å². The highest BCUT2D eigenvalue weighted by molar-refractivity contribution is 5.76. The van der Waals surface area contributed by atoms with Crippen LogP contribution in [0, 0.1) is 5.92 Å². The molecule has 15 heavy (non-hydrogen) atoms. The molecule has 2 rings (SSSR count). The van der Waals surface area contributed by atoms with Crippen LogP contribution in [0.2, 0.25) is 0 Å². The second kappa shape index (κ2) is 4.97. The van der Waals surface area contributed by atoms with E-state index in [0.717, 1.165) is 13.0 Å². The van der Waals surface area contributed by atoms with E-state index in [4.69, 9.17) is 0 Å². The lowest BCUT2D eigenvalue weighted by atomic mass is 9.87. The van der Waals surface area contributed by atoms with Crippen LogP contribution in [0.1, 0.15) is 44.9 Å². The summed E-state index contributed by atoms with van der Waals surface area (Å²) in [5, 5.41) is 9.36. The Labute approximate surface area is 91.5 Å². The molecule has 1 aliphatic heterocycles. The van der Waals surface area contributed by atoms with E-state index in [2.05, 4.69) is 0 Å². The summed E-state index contributed by atoms with van der Waals surface area (Å²) in [6.07, 6.45) is 7.57. The highest BCUT2D eigenvalue weighted by atomic mass is 16.3. The second-order valence-electron chi connectivity index (χ2n) is 4.99. The average molecular weight is 211 g/mol. The van der Waals surface area contributed by atoms with Crippen LogP contribution in [-0.2, 0) is 4.79 Å². The summed E-state index contributed by atoms with van der Waals surface area (Å²) in [6.45, 7) is 1.32. The van der Waals surface area contributed by atoms with E-state index >= 15 is 0 Å². The van der Waals surface area contributed by atoms with Gasteiger partial charge in [-0.25, -0.2) is 0 Å². The molecular weight excluding hydrogens is 190 g/mol. The molecular formula is C12H21NO2. The maximum atomic E-state index is 11.9. The Kier molecular flexibility index (Phi) is 3.62. The molecule has 0 radical (unpaired) electrons. The number of carbonyl (C=O) groups is 1. The Bertz CT molecular complexity index is 224. The summed E-state index contributed by atoms with van der Waals surface area (Å²) in [7, 11) is 0. The Hall–Kier alpha value is -0.570. The zero-order valence-electron chi connectivity index (χ0n) is 9.32. The summed E-state index contributed by atoms with van der Waals surface area (Å²) in [6, 6.07) is 0. The lowest BCUT2D eigenvalue weighted by Crippen LogP contribution is -2.31. The van der Waals surface area contributed by atoms with E-state index in [0.29, 0.717) is 18.9 Å². The molecule has 0 aromatic heterocycles. The van der Waals surface area contributed by atoms with E-state index in [1.54, 1.807) is 0 Å². The normalized spacial score (nSPS) is 28.3. The number of aliphatic hydroxyl groups excluding tert-OH is 1. The number of hydrogen-bond donors (Lipinski definition) is 1. The predicted octanol–water partition coefficient (Wildman–Crippen LogP) is 1.55. The summed E-state index contributed by atoms with van der Waals surface area (Å²) in [4.78, 5) is 13.7. The van der Waals surface area contributed by atoms with Gasteiger partial charge in [0, 0.05) is 19.5 Å². The maximum absolute atomic E-state index is 11.9. The molecule has 0 spiro atoms. The molecule has 0 aromatic rings. The fraction of sp³-hybridized carbons (Fsp3) is 0.917. The molecule has 1 amide bonds. The van der Waals surface area contributed by atoms with Crippen LogP contribution in [0.5, 0.6) is 0 Å². The molecule has 1 aliphatic carbocycles. The van der Waals surface area contributed by atoms with Crippen LogP contribution in [0.15, 0.2) is 0 Å². The third-order valence-corrected chi connectivity index (χ3v) is 3.70. The van der Waals surface area contributed by atoms with Crippen LogP contribution >= 0.6 is 0 Å². The summed E-state index contributed by atoms with van der Waals surface area (Å²) in [5.41, 5.74) is 0. The van der Waals surface area contributed by atoms with Gasteiger partial charge in [0.2, 0.25) is 5.91 Å². The first-order chi connectivity index (χ1) is 7.25. The van der Waals surface area contributed by atoms with Crippen LogP contribution < -0.4 is 0 Å². The third kappa shape index (κ3) is 2.94. The number of rotatable bonds is 2. The summed E-state index contributed by atoms with van der Waals surface area (Å²) < 4.78 is 0. The van der Waals surface area contributed by atoms with E-state index in [-0.39, 0.29) is 12.0 Å². The van der Waals surface area contributed by atoms with Crippen molar-refractivity contribution in [3.8, 4) is 0 Å². The van der Waals surface area contributed by atoms with Gasteiger partial charge in [0.05, 0.1) is 6.10 Å². The van der Waals surface area contributed by atoms with Crippen LogP contribution in [0.25, 0.3) is 0 Å². The average Bonchev–Trinajstić information content (AvgIpc) is 2.66. The van der Waals surface area contributed by atoms with Crippen molar-refractivity contribution < 1.29 is 9.90 Å². The van der Waals surface area contributed by atoms with Crippen molar-refractivity contribution in [3.05, 3.63) is 0 Å². The first kappa shape index (κ1) is 10.9. The van der Waals surface area contributed by atoms with Gasteiger partial charge in [-0.05, 0) is 25.2 Å². The van der Waals surface area contributed by atoms with Crippen molar-refractivity contribution in [1.82, 2.24) is 4.90 Å². The van der Waals surface area contributed by atoms with Gasteiger partial charge in [-0.1, -0.05) is 19.3 Å². The Balaban J connectivity index is 1.76. The zero-order chi connectivity index (χ0) is 10.7. The lowest BCUT2D eigenvalue weighted by molar-refractivity contribution is -0.131.